The van der Waals surface area contributed by atoms with Crippen LogP contribution < -0.4 is 5.73 Å². The number of nitrogens with two attached hydrogens (primary N) is 1. The Morgan fingerprint density at radius 2 is 2.14 bits per heavy atom. The predicted octanol–water partition coefficient (Wildman–Crippen LogP) is 2.94. The summed E-state index contributed by atoms with van der Waals surface area (Å²) in [5.41, 5.74) is 6.00. The van der Waals surface area contributed by atoms with Gasteiger partial charge < -0.3 is 5.73 Å². The second-order valence-corrected chi connectivity index (χ2v) is 4.00. The van der Waals surface area contributed by atoms with Crippen LogP contribution in [0.3, 0.4) is 0 Å². The van der Waals surface area contributed by atoms with Gasteiger partial charge >= 0.3 is 0 Å². The van der Waals surface area contributed by atoms with Gasteiger partial charge in [0.1, 0.15) is 10.3 Å². The van der Waals surface area contributed by atoms with Crippen LogP contribution in [0.5, 0.6) is 0 Å². The molecule has 3 N–H and O–H groups in total. The number of rotatable bonds is 2. The fourth-order valence-electron chi connectivity index (χ4n) is 0.704. The minimum Gasteiger partial charge on any atom is -0.379 e. The molecule has 0 radical (unpaired) electrons. The SMILES string of the molecule is Cl.N=C(N)SCc1ccc(Cl)nc1Cl. The Morgan fingerprint density at radius 3 is 2.64 bits per heavy atom. The van der Waals surface area contributed by atoms with E-state index in [0.29, 0.717) is 16.1 Å². The molecule has 0 bridgehead atoms. The summed E-state index contributed by atoms with van der Waals surface area (Å²) >= 11 is 12.6. The van der Waals surface area contributed by atoms with Gasteiger partial charge in [-0.05, 0) is 11.6 Å². The predicted molar refractivity (Wildman–Crippen MR) is 64.7 cm³/mol. The van der Waals surface area contributed by atoms with Crippen molar-refractivity contribution in [1.29, 1.82) is 5.41 Å². The van der Waals surface area contributed by atoms with Gasteiger partial charge in [0.2, 0.25) is 0 Å². The van der Waals surface area contributed by atoms with Crippen LogP contribution in [-0.2, 0) is 5.75 Å². The van der Waals surface area contributed by atoms with Crippen molar-refractivity contribution < 1.29 is 0 Å². The van der Waals surface area contributed by atoms with Crippen LogP contribution in [-0.4, -0.2) is 10.2 Å². The summed E-state index contributed by atoms with van der Waals surface area (Å²) in [6.07, 6.45) is 0. The van der Waals surface area contributed by atoms with Crippen molar-refractivity contribution in [2.75, 3.05) is 0 Å². The molecule has 1 heterocycles. The van der Waals surface area contributed by atoms with Gasteiger partial charge in [-0.3, -0.25) is 5.41 Å². The molecular weight excluding hydrogens is 265 g/mol. The summed E-state index contributed by atoms with van der Waals surface area (Å²) in [6, 6.07) is 3.43. The molecule has 1 aromatic rings. The van der Waals surface area contributed by atoms with Crippen LogP contribution in [0.25, 0.3) is 0 Å². The van der Waals surface area contributed by atoms with Crippen LogP contribution in [0.2, 0.25) is 10.3 Å². The highest BCUT2D eigenvalue weighted by atomic mass is 35.5. The van der Waals surface area contributed by atoms with Crippen molar-refractivity contribution in [1.82, 2.24) is 4.98 Å². The number of nitrogens with zero attached hydrogens (tertiary/aromatic N) is 1. The molecule has 7 heteroatoms. The first-order valence-corrected chi connectivity index (χ1v) is 5.11. The number of hydrogen-bond acceptors (Lipinski definition) is 3. The molecule has 0 unspecified atom stereocenters. The van der Waals surface area contributed by atoms with E-state index in [-0.39, 0.29) is 17.6 Å². The van der Waals surface area contributed by atoms with Crippen molar-refractivity contribution in [3.05, 3.63) is 28.0 Å². The minimum absolute atomic E-state index is 0. The molecule has 0 fully saturated rings. The van der Waals surface area contributed by atoms with E-state index >= 15 is 0 Å². The molecule has 14 heavy (non-hydrogen) atoms. The maximum absolute atomic E-state index is 7.01. The van der Waals surface area contributed by atoms with Crippen LogP contribution in [0, 0.1) is 5.41 Å². The van der Waals surface area contributed by atoms with E-state index in [1.54, 1.807) is 12.1 Å². The third-order valence-electron chi connectivity index (χ3n) is 1.28. The van der Waals surface area contributed by atoms with Gasteiger partial charge in [0, 0.05) is 5.75 Å². The molecule has 0 saturated heterocycles. The van der Waals surface area contributed by atoms with Crippen LogP contribution in [0.4, 0.5) is 0 Å². The molecule has 1 aromatic heterocycles. The fourth-order valence-corrected chi connectivity index (χ4v) is 1.74. The molecule has 78 valence electrons. The lowest BCUT2D eigenvalue weighted by molar-refractivity contribution is 1.25. The number of nitrogens with one attached hydrogen (secondary N) is 1. The van der Waals surface area contributed by atoms with Crippen LogP contribution in [0.1, 0.15) is 5.56 Å². The van der Waals surface area contributed by atoms with Gasteiger partial charge in [0.05, 0.1) is 0 Å². The van der Waals surface area contributed by atoms with E-state index in [0.717, 1.165) is 5.56 Å². The highest BCUT2D eigenvalue weighted by molar-refractivity contribution is 8.13. The largest absolute Gasteiger partial charge is 0.379 e. The monoisotopic (exact) mass is 271 g/mol. The minimum atomic E-state index is 0. The van der Waals surface area contributed by atoms with Gasteiger partial charge in [-0.25, -0.2) is 4.98 Å². The highest BCUT2D eigenvalue weighted by Crippen LogP contribution is 2.20. The van der Waals surface area contributed by atoms with E-state index in [1.165, 1.54) is 11.8 Å². The van der Waals surface area contributed by atoms with Gasteiger partial charge in [0.25, 0.3) is 0 Å². The van der Waals surface area contributed by atoms with E-state index in [2.05, 4.69) is 4.98 Å². The lowest BCUT2D eigenvalue weighted by Crippen LogP contribution is -2.04. The molecular formula is C7H8Cl3N3S. The number of thioether (sulfide) groups is 1. The van der Waals surface area contributed by atoms with E-state index in [9.17, 15) is 0 Å². The molecule has 0 aliphatic rings. The number of amidine groups is 1. The summed E-state index contributed by atoms with van der Waals surface area (Å²) in [7, 11) is 0. The third-order valence-corrected chi connectivity index (χ3v) is 2.58. The molecule has 1 rings (SSSR count). The van der Waals surface area contributed by atoms with Crippen LogP contribution >= 0.6 is 47.4 Å². The molecule has 0 amide bonds. The Labute approximate surface area is 102 Å². The summed E-state index contributed by atoms with van der Waals surface area (Å²) in [6.45, 7) is 0. The number of aromatic nitrogens is 1. The van der Waals surface area contributed by atoms with E-state index in [4.69, 9.17) is 34.3 Å². The van der Waals surface area contributed by atoms with Gasteiger partial charge in [-0.15, -0.1) is 12.4 Å². The first-order chi connectivity index (χ1) is 6.09. The third kappa shape index (κ3) is 4.37. The lowest BCUT2D eigenvalue weighted by Gasteiger charge is -2.01. The quantitative estimate of drug-likeness (QED) is 0.494. The summed E-state index contributed by atoms with van der Waals surface area (Å²) in [4.78, 5) is 3.86. The smallest absolute Gasteiger partial charge is 0.151 e. The standard InChI is InChI=1S/C7H7Cl2N3S.ClH/c8-5-2-1-4(6(9)12-5)3-13-7(10)11;/h1-2H,3H2,(H3,10,11);1H. The Morgan fingerprint density at radius 1 is 1.50 bits per heavy atom. The van der Waals surface area contributed by atoms with E-state index < -0.39 is 0 Å². The lowest BCUT2D eigenvalue weighted by atomic mass is 10.3. The Kier molecular flexibility index (Phi) is 6.27. The van der Waals surface area contributed by atoms with Crippen molar-refractivity contribution >= 4 is 52.5 Å². The number of pyridine rings is 1. The number of halogens is 3. The Balaban J connectivity index is 0.00000169. The fraction of sp³-hybridized carbons (Fsp3) is 0.143. The first kappa shape index (κ1) is 13.8. The second kappa shape index (κ2) is 6.35. The average Bonchev–Trinajstić information content (AvgIpc) is 2.02. The molecule has 0 atom stereocenters. The zero-order valence-corrected chi connectivity index (χ0v) is 10.1. The zero-order valence-electron chi connectivity index (χ0n) is 6.96. The normalized spacial score (nSPS) is 9.29. The van der Waals surface area contributed by atoms with Crippen molar-refractivity contribution in [3.8, 4) is 0 Å². The van der Waals surface area contributed by atoms with Crippen molar-refractivity contribution in [2.45, 2.75) is 5.75 Å². The summed E-state index contributed by atoms with van der Waals surface area (Å²) in [5.74, 6) is 0.540. The topological polar surface area (TPSA) is 62.8 Å². The summed E-state index contributed by atoms with van der Waals surface area (Å²) < 4.78 is 0. The average molecular weight is 273 g/mol. The maximum Gasteiger partial charge on any atom is 0.151 e. The first-order valence-electron chi connectivity index (χ1n) is 3.37. The zero-order chi connectivity index (χ0) is 9.84. The maximum atomic E-state index is 7.01. The highest BCUT2D eigenvalue weighted by Gasteiger charge is 2.03. The Bertz CT molecular complexity index is 332. The van der Waals surface area contributed by atoms with Crippen LogP contribution in [0.15, 0.2) is 12.1 Å². The van der Waals surface area contributed by atoms with Crippen molar-refractivity contribution in [2.24, 2.45) is 5.73 Å². The van der Waals surface area contributed by atoms with Crippen molar-refractivity contribution in [3.63, 3.8) is 0 Å². The van der Waals surface area contributed by atoms with Gasteiger partial charge in [-0.2, -0.15) is 0 Å². The van der Waals surface area contributed by atoms with Gasteiger partial charge in [-0.1, -0.05) is 41.0 Å². The molecule has 3 nitrogen and oxygen atoms in total. The van der Waals surface area contributed by atoms with E-state index in [1.807, 2.05) is 0 Å². The molecule has 0 aliphatic heterocycles. The molecule has 0 aliphatic carbocycles. The van der Waals surface area contributed by atoms with Gasteiger partial charge in [0.15, 0.2) is 5.17 Å². The second-order valence-electron chi connectivity index (χ2n) is 2.24. The Hall–Kier alpha value is -0.160. The molecule has 0 saturated carbocycles. The molecule has 0 aromatic carbocycles. The molecule has 0 spiro atoms. The number of hydrogen-bond donors (Lipinski definition) is 2. The summed E-state index contributed by atoms with van der Waals surface area (Å²) in [5, 5.41) is 7.79.